The number of hydrogen-bond donors (Lipinski definition) is 2. The molecule has 0 saturated heterocycles. The van der Waals surface area contributed by atoms with Gasteiger partial charge in [0.2, 0.25) is 0 Å². The van der Waals surface area contributed by atoms with E-state index in [9.17, 15) is 4.79 Å². The Bertz CT molecular complexity index is 1230. The Balaban J connectivity index is 1.67. The zero-order chi connectivity index (χ0) is 20.5. The maximum atomic E-state index is 12.8. The van der Waals surface area contributed by atoms with Crippen molar-refractivity contribution in [1.29, 1.82) is 0 Å². The molecule has 1 amide bonds. The fourth-order valence-electron chi connectivity index (χ4n) is 3.12. The fourth-order valence-corrected chi connectivity index (χ4v) is 4.11. The molecule has 5 nitrogen and oxygen atoms in total. The Labute approximate surface area is 173 Å². The number of aryl methyl sites for hydroxylation is 2. The number of benzene rings is 2. The molecule has 0 atom stereocenters. The van der Waals surface area contributed by atoms with Gasteiger partial charge in [-0.1, -0.05) is 18.2 Å². The third kappa shape index (κ3) is 3.67. The largest absolute Gasteiger partial charge is 0.497 e. The lowest BCUT2D eigenvalue weighted by Crippen LogP contribution is -2.12. The third-order valence-corrected chi connectivity index (χ3v) is 6.04. The van der Waals surface area contributed by atoms with E-state index in [1.54, 1.807) is 7.11 Å². The van der Waals surface area contributed by atoms with E-state index in [4.69, 9.17) is 15.5 Å². The van der Waals surface area contributed by atoms with Crippen LogP contribution in [0.2, 0.25) is 0 Å². The third-order valence-electron chi connectivity index (χ3n) is 4.93. The van der Waals surface area contributed by atoms with Crippen molar-refractivity contribution < 1.29 is 9.53 Å². The van der Waals surface area contributed by atoms with Crippen LogP contribution in [0.15, 0.2) is 54.6 Å². The number of nitrogens with two attached hydrogens (primary N) is 1. The van der Waals surface area contributed by atoms with Gasteiger partial charge in [-0.3, -0.25) is 4.79 Å². The number of anilines is 2. The Kier molecular flexibility index (Phi) is 4.94. The van der Waals surface area contributed by atoms with E-state index in [2.05, 4.69) is 5.32 Å². The number of thiophene rings is 1. The molecular weight excluding hydrogens is 382 g/mol. The summed E-state index contributed by atoms with van der Waals surface area (Å²) in [5, 5.41) is 3.72. The van der Waals surface area contributed by atoms with Gasteiger partial charge in [-0.2, -0.15) is 0 Å². The van der Waals surface area contributed by atoms with Gasteiger partial charge < -0.3 is 15.8 Å². The van der Waals surface area contributed by atoms with E-state index in [-0.39, 0.29) is 5.91 Å². The SMILES string of the molecule is COc1cccc(-c2ccc3c(N)c(C(=O)Nc4ccc(C)c(C)c4)sc3n2)c1. The van der Waals surface area contributed by atoms with Gasteiger partial charge in [0.15, 0.2) is 0 Å². The number of hydrogen-bond acceptors (Lipinski definition) is 5. The predicted octanol–water partition coefficient (Wildman–Crippen LogP) is 5.42. The number of pyridine rings is 1. The van der Waals surface area contributed by atoms with E-state index in [0.717, 1.165) is 38.5 Å². The van der Waals surface area contributed by atoms with Crippen molar-refractivity contribution in [2.45, 2.75) is 13.8 Å². The monoisotopic (exact) mass is 403 g/mol. The van der Waals surface area contributed by atoms with Gasteiger partial charge in [0.1, 0.15) is 15.5 Å². The first-order chi connectivity index (χ1) is 14.0. The molecule has 2 aromatic heterocycles. The second-order valence-electron chi connectivity index (χ2n) is 6.88. The van der Waals surface area contributed by atoms with Crippen LogP contribution in [-0.2, 0) is 0 Å². The van der Waals surface area contributed by atoms with Crippen LogP contribution in [0, 0.1) is 13.8 Å². The van der Waals surface area contributed by atoms with Crippen LogP contribution in [0.1, 0.15) is 20.8 Å². The predicted molar refractivity (Wildman–Crippen MR) is 120 cm³/mol. The molecule has 0 aliphatic rings. The number of nitrogens with one attached hydrogen (secondary N) is 1. The van der Waals surface area contributed by atoms with Crippen LogP contribution in [0.4, 0.5) is 11.4 Å². The van der Waals surface area contributed by atoms with Crippen molar-refractivity contribution in [2.75, 3.05) is 18.2 Å². The molecule has 0 aliphatic carbocycles. The van der Waals surface area contributed by atoms with Crippen LogP contribution in [0.25, 0.3) is 21.5 Å². The first kappa shape index (κ1) is 19.0. The van der Waals surface area contributed by atoms with Gasteiger partial charge in [0.05, 0.1) is 18.5 Å². The quantitative estimate of drug-likeness (QED) is 0.477. The topological polar surface area (TPSA) is 77.2 Å². The van der Waals surface area contributed by atoms with Crippen molar-refractivity contribution >= 4 is 38.8 Å². The Hall–Kier alpha value is -3.38. The molecule has 4 aromatic rings. The molecule has 2 aromatic carbocycles. The first-order valence-corrected chi connectivity index (χ1v) is 10.00. The van der Waals surface area contributed by atoms with E-state index >= 15 is 0 Å². The summed E-state index contributed by atoms with van der Waals surface area (Å²) in [6, 6.07) is 17.4. The Morgan fingerprint density at radius 1 is 1.07 bits per heavy atom. The minimum absolute atomic E-state index is 0.225. The molecule has 0 unspecified atom stereocenters. The molecule has 29 heavy (non-hydrogen) atoms. The van der Waals surface area contributed by atoms with Gasteiger partial charge in [0, 0.05) is 16.6 Å². The van der Waals surface area contributed by atoms with E-state index in [1.807, 2.05) is 68.4 Å². The van der Waals surface area contributed by atoms with E-state index < -0.39 is 0 Å². The zero-order valence-electron chi connectivity index (χ0n) is 16.4. The number of rotatable bonds is 4. The number of ether oxygens (including phenoxy) is 1. The molecule has 4 rings (SSSR count). The number of amides is 1. The Morgan fingerprint density at radius 3 is 2.66 bits per heavy atom. The summed E-state index contributed by atoms with van der Waals surface area (Å²) >= 11 is 1.30. The van der Waals surface area contributed by atoms with Crippen LogP contribution in [0.3, 0.4) is 0 Å². The van der Waals surface area contributed by atoms with Crippen LogP contribution >= 0.6 is 11.3 Å². The number of aromatic nitrogens is 1. The molecule has 3 N–H and O–H groups in total. The summed E-state index contributed by atoms with van der Waals surface area (Å²) in [5.41, 5.74) is 11.5. The summed E-state index contributed by atoms with van der Waals surface area (Å²) in [4.78, 5) is 18.7. The maximum Gasteiger partial charge on any atom is 0.267 e. The highest BCUT2D eigenvalue weighted by Gasteiger charge is 2.18. The van der Waals surface area contributed by atoms with Crippen LogP contribution in [-0.4, -0.2) is 18.0 Å². The molecule has 0 saturated carbocycles. The summed E-state index contributed by atoms with van der Waals surface area (Å²) in [6.07, 6.45) is 0. The zero-order valence-corrected chi connectivity index (χ0v) is 17.3. The second-order valence-corrected chi connectivity index (χ2v) is 7.88. The maximum absolute atomic E-state index is 12.8. The molecular formula is C23H21N3O2S. The van der Waals surface area contributed by atoms with Crippen molar-refractivity contribution in [3.8, 4) is 17.0 Å². The molecule has 0 radical (unpaired) electrons. The van der Waals surface area contributed by atoms with E-state index in [0.29, 0.717) is 10.6 Å². The van der Waals surface area contributed by atoms with Crippen LogP contribution in [0.5, 0.6) is 5.75 Å². The van der Waals surface area contributed by atoms with Crippen molar-refractivity contribution in [1.82, 2.24) is 4.98 Å². The number of nitrogen functional groups attached to an aromatic ring is 1. The van der Waals surface area contributed by atoms with Crippen molar-refractivity contribution in [3.63, 3.8) is 0 Å². The molecule has 0 aliphatic heterocycles. The normalized spacial score (nSPS) is 10.9. The minimum atomic E-state index is -0.225. The highest BCUT2D eigenvalue weighted by molar-refractivity contribution is 7.21. The average molecular weight is 404 g/mol. The summed E-state index contributed by atoms with van der Waals surface area (Å²) in [7, 11) is 1.64. The molecule has 0 fully saturated rings. The standard InChI is InChI=1S/C23H21N3O2S/c1-13-7-8-16(11-14(13)2)25-22(27)21-20(24)18-9-10-19(26-23(18)29-21)15-5-4-6-17(12-15)28-3/h4-12H,24H2,1-3H3,(H,25,27). The Morgan fingerprint density at radius 2 is 1.90 bits per heavy atom. The number of carbonyl (C=O) groups is 1. The summed E-state index contributed by atoms with van der Waals surface area (Å²) in [5.74, 6) is 0.542. The molecule has 6 heteroatoms. The van der Waals surface area contributed by atoms with Gasteiger partial charge in [-0.15, -0.1) is 11.3 Å². The lowest BCUT2D eigenvalue weighted by atomic mass is 10.1. The highest BCUT2D eigenvalue weighted by atomic mass is 32.1. The van der Waals surface area contributed by atoms with Gasteiger partial charge in [-0.05, 0) is 61.4 Å². The smallest absolute Gasteiger partial charge is 0.267 e. The molecule has 0 bridgehead atoms. The number of fused-ring (bicyclic) bond motifs is 1. The summed E-state index contributed by atoms with van der Waals surface area (Å²) in [6.45, 7) is 4.05. The van der Waals surface area contributed by atoms with Gasteiger partial charge >= 0.3 is 0 Å². The molecule has 2 heterocycles. The minimum Gasteiger partial charge on any atom is -0.497 e. The number of methoxy groups -OCH3 is 1. The highest BCUT2D eigenvalue weighted by Crippen LogP contribution is 2.35. The molecule has 0 spiro atoms. The van der Waals surface area contributed by atoms with Crippen molar-refractivity contribution in [2.24, 2.45) is 0 Å². The fraction of sp³-hybridized carbons (Fsp3) is 0.130. The second kappa shape index (κ2) is 7.56. The number of carbonyl (C=O) groups excluding carboxylic acids is 1. The summed E-state index contributed by atoms with van der Waals surface area (Å²) < 4.78 is 5.29. The van der Waals surface area contributed by atoms with Crippen LogP contribution < -0.4 is 15.8 Å². The number of nitrogens with zero attached hydrogens (tertiary/aromatic N) is 1. The molecule has 146 valence electrons. The van der Waals surface area contributed by atoms with E-state index in [1.165, 1.54) is 16.9 Å². The lowest BCUT2D eigenvalue weighted by molar-refractivity contribution is 0.103. The first-order valence-electron chi connectivity index (χ1n) is 9.18. The average Bonchev–Trinajstić information content (AvgIpc) is 3.07. The van der Waals surface area contributed by atoms with Crippen molar-refractivity contribution in [3.05, 3.63) is 70.6 Å². The van der Waals surface area contributed by atoms with Gasteiger partial charge in [-0.25, -0.2) is 4.98 Å². The van der Waals surface area contributed by atoms with Gasteiger partial charge in [0.25, 0.3) is 5.91 Å². The lowest BCUT2D eigenvalue weighted by Gasteiger charge is -2.07.